The van der Waals surface area contributed by atoms with Gasteiger partial charge in [-0.25, -0.2) is 0 Å². The predicted molar refractivity (Wildman–Crippen MR) is 267 cm³/mol. The van der Waals surface area contributed by atoms with Crippen LogP contribution in [0.15, 0.2) is 140 Å². The molecule has 63 heavy (non-hydrogen) atoms. The molecule has 0 N–H and O–H groups in total. The van der Waals surface area contributed by atoms with E-state index in [1.165, 1.54) is 38.5 Å². The molecule has 2 nitrogen and oxygen atoms in total. The van der Waals surface area contributed by atoms with Crippen LogP contribution in [0.5, 0.6) is 0 Å². The molecule has 9 unspecified atom stereocenters. The maximum absolute atomic E-state index is 3.19. The van der Waals surface area contributed by atoms with Gasteiger partial charge in [0.15, 0.2) is 0 Å². The lowest BCUT2D eigenvalue weighted by molar-refractivity contribution is 0.135. The average Bonchev–Trinajstić information content (AvgIpc) is 3.76. The molecule has 0 aromatic carbocycles. The van der Waals surface area contributed by atoms with Crippen molar-refractivity contribution >= 4 is 6.71 Å². The molecule has 4 aliphatic heterocycles. The molecular weight excluding hydrogens is 759 g/mol. The number of hydrogen-bond donors (Lipinski definition) is 0. The fourth-order valence-corrected chi connectivity index (χ4v) is 15.5. The zero-order valence-electron chi connectivity index (χ0n) is 41.6. The minimum Gasteiger partial charge on any atom is -0.358 e. The Labute approximate surface area is 383 Å². The van der Waals surface area contributed by atoms with Crippen molar-refractivity contribution in [1.82, 2.24) is 9.80 Å². The van der Waals surface area contributed by atoms with Gasteiger partial charge in [0.05, 0.1) is 18.1 Å². The van der Waals surface area contributed by atoms with Crippen molar-refractivity contribution in [1.29, 1.82) is 0 Å². The number of allylic oxidation sites excluding steroid dienone is 16. The molecule has 0 aromatic rings. The first-order valence-electron chi connectivity index (χ1n) is 25.7. The van der Waals surface area contributed by atoms with E-state index in [-0.39, 0.29) is 27.1 Å². The molecule has 0 bridgehead atoms. The van der Waals surface area contributed by atoms with Crippen molar-refractivity contribution in [2.24, 2.45) is 56.7 Å². The second kappa shape index (κ2) is 14.0. The summed E-state index contributed by atoms with van der Waals surface area (Å²) >= 11 is 0. The highest BCUT2D eigenvalue weighted by molar-refractivity contribution is 6.82. The molecule has 7 aliphatic carbocycles. The van der Waals surface area contributed by atoms with Gasteiger partial charge in [-0.15, -0.1) is 0 Å². The van der Waals surface area contributed by atoms with Gasteiger partial charge in [0, 0.05) is 34.3 Å². The molecule has 1 saturated heterocycles. The van der Waals surface area contributed by atoms with E-state index in [1.54, 1.807) is 66.9 Å². The molecule has 11 rings (SSSR count). The van der Waals surface area contributed by atoms with Crippen molar-refractivity contribution in [3.05, 3.63) is 140 Å². The number of nitrogens with zero attached hydrogens (tertiary/aromatic N) is 2. The molecule has 11 aliphatic rings. The molecule has 9 atom stereocenters. The molecule has 4 heterocycles. The highest BCUT2D eigenvalue weighted by atomic mass is 15.3. The Balaban J connectivity index is 1.23. The first-order chi connectivity index (χ1) is 29.7. The van der Waals surface area contributed by atoms with Gasteiger partial charge < -0.3 is 9.80 Å². The second-order valence-electron chi connectivity index (χ2n) is 26.3. The molecule has 0 radical (unpaired) electrons. The lowest BCUT2D eigenvalue weighted by Crippen LogP contribution is -2.59. The monoisotopic (exact) mass is 839 g/mol. The average molecular weight is 839 g/mol. The summed E-state index contributed by atoms with van der Waals surface area (Å²) in [5.74, 6) is 2.69. The van der Waals surface area contributed by atoms with Crippen LogP contribution in [0.4, 0.5) is 0 Å². The highest BCUT2D eigenvalue weighted by Crippen LogP contribution is 2.67. The van der Waals surface area contributed by atoms with Gasteiger partial charge in [0.1, 0.15) is 0 Å². The fourth-order valence-electron chi connectivity index (χ4n) is 15.5. The first-order valence-corrected chi connectivity index (χ1v) is 25.7. The van der Waals surface area contributed by atoms with Crippen LogP contribution in [0.2, 0.25) is 0 Å². The molecule has 0 amide bonds. The van der Waals surface area contributed by atoms with Gasteiger partial charge in [-0.2, -0.15) is 0 Å². The van der Waals surface area contributed by atoms with Crippen LogP contribution in [-0.4, -0.2) is 34.6 Å². The summed E-state index contributed by atoms with van der Waals surface area (Å²) in [6.07, 6.45) is 43.4. The van der Waals surface area contributed by atoms with Crippen LogP contribution in [0, 0.1) is 56.7 Å². The summed E-state index contributed by atoms with van der Waals surface area (Å²) < 4.78 is 0. The Kier molecular flexibility index (Phi) is 9.40. The molecule has 0 spiro atoms. The Bertz CT molecular complexity index is 2410. The van der Waals surface area contributed by atoms with E-state index in [4.69, 9.17) is 0 Å². The van der Waals surface area contributed by atoms with Crippen LogP contribution in [0.25, 0.3) is 0 Å². The third kappa shape index (κ3) is 6.07. The van der Waals surface area contributed by atoms with E-state index in [1.807, 2.05) is 0 Å². The van der Waals surface area contributed by atoms with Gasteiger partial charge in [-0.05, 0) is 149 Å². The lowest BCUT2D eigenvalue weighted by Gasteiger charge is -2.58. The van der Waals surface area contributed by atoms with E-state index in [0.717, 1.165) is 25.7 Å². The molecule has 1 fully saturated rings. The summed E-state index contributed by atoms with van der Waals surface area (Å²) in [5.41, 5.74) is 20.8. The molecule has 0 aromatic heterocycles. The van der Waals surface area contributed by atoms with Crippen molar-refractivity contribution in [2.75, 3.05) is 0 Å². The highest BCUT2D eigenvalue weighted by Gasteiger charge is 2.65. The summed E-state index contributed by atoms with van der Waals surface area (Å²) in [7, 11) is 0. The van der Waals surface area contributed by atoms with Gasteiger partial charge in [0.25, 0.3) is 0 Å². The summed E-state index contributed by atoms with van der Waals surface area (Å²) in [6, 6.07) is 1.09. The standard InChI is InChI=1S/C60H79BN2/c1-56(2,3)38-27-31-47-40(33-38)41-34-39(57(4,5)6)35-46-53(41)62(47)49-32-29-44(60(13,36-21-16-14-17-22-36)37-23-18-15-19-24-37)54-52(49)61(46)45-30-28-43(59(10,11)12)51-50-42(58(7,8)9)25-20-26-48(50)63(54)55(45)51/h14,16,18,20,23-25,27,29-31,35-36,38,41,43,48-49,51,55H,15,17,19,21-22,26,28,32-34H2,1-13H3. The summed E-state index contributed by atoms with van der Waals surface area (Å²) in [6.45, 7) is 33.1. The van der Waals surface area contributed by atoms with Crippen molar-refractivity contribution in [3.63, 3.8) is 0 Å². The topological polar surface area (TPSA) is 6.48 Å². The van der Waals surface area contributed by atoms with E-state index >= 15 is 0 Å². The van der Waals surface area contributed by atoms with Crippen molar-refractivity contribution in [3.8, 4) is 0 Å². The third-order valence-electron chi connectivity index (χ3n) is 18.8. The number of fused-ring (bicyclic) bond motifs is 9. The van der Waals surface area contributed by atoms with Crippen LogP contribution < -0.4 is 0 Å². The van der Waals surface area contributed by atoms with Crippen molar-refractivity contribution < 1.29 is 0 Å². The summed E-state index contributed by atoms with van der Waals surface area (Å²) in [4.78, 5) is 6.18. The Morgan fingerprint density at radius 1 is 0.683 bits per heavy atom. The predicted octanol–water partition coefficient (Wildman–Crippen LogP) is 15.1. The maximum Gasteiger partial charge on any atom is 0.241 e. The number of rotatable bonds is 3. The van der Waals surface area contributed by atoms with E-state index in [0.29, 0.717) is 54.4 Å². The first kappa shape index (κ1) is 42.2. The summed E-state index contributed by atoms with van der Waals surface area (Å²) in [5, 5.41) is 0. The van der Waals surface area contributed by atoms with Gasteiger partial charge in [-0.1, -0.05) is 168 Å². The van der Waals surface area contributed by atoms with Crippen LogP contribution in [-0.2, 0) is 0 Å². The zero-order valence-corrected chi connectivity index (χ0v) is 41.6. The maximum atomic E-state index is 3.19. The van der Waals surface area contributed by atoms with E-state index < -0.39 is 0 Å². The quantitative estimate of drug-likeness (QED) is 0.206. The van der Waals surface area contributed by atoms with Crippen LogP contribution in [0.3, 0.4) is 0 Å². The minimum absolute atomic E-state index is 0.0750. The lowest BCUT2D eigenvalue weighted by atomic mass is 9.27. The largest absolute Gasteiger partial charge is 0.358 e. The SMILES string of the molecule is CC(C)(C)C1=CC2=C3C(C1)C1=C(C=CC(C(C)(C)C)C1)N3C1CC=C(C(C)(C3=CCCC=C3)C3CC=CCC3)C3=C1B2C1=CCC(C(C)(C)C)C2C4=C(C(C)(C)C)C=CCC4N3C12. The zero-order chi connectivity index (χ0) is 44.3. The van der Waals surface area contributed by atoms with Gasteiger partial charge >= 0.3 is 0 Å². The smallest absolute Gasteiger partial charge is 0.241 e. The molecule has 3 heteroatoms. The Morgan fingerprint density at radius 2 is 1.48 bits per heavy atom. The van der Waals surface area contributed by atoms with Crippen LogP contribution in [0.1, 0.15) is 154 Å². The minimum atomic E-state index is -0.0750. The fraction of sp³-hybridized carbons (Fsp3) is 0.600. The van der Waals surface area contributed by atoms with Gasteiger partial charge in [-0.3, -0.25) is 0 Å². The molecular formula is C60H79BN2. The van der Waals surface area contributed by atoms with Gasteiger partial charge in [0.2, 0.25) is 6.71 Å². The third-order valence-corrected chi connectivity index (χ3v) is 18.8. The van der Waals surface area contributed by atoms with Crippen LogP contribution >= 0.6 is 0 Å². The second-order valence-corrected chi connectivity index (χ2v) is 26.3. The molecule has 0 saturated carbocycles. The normalized spacial score (nSPS) is 34.3. The molecule has 332 valence electrons. The number of hydrogen-bond acceptors (Lipinski definition) is 2. The van der Waals surface area contributed by atoms with E-state index in [2.05, 4.69) is 173 Å². The van der Waals surface area contributed by atoms with Crippen molar-refractivity contribution in [2.45, 2.75) is 172 Å². The Hall–Kier alpha value is -3.46. The Morgan fingerprint density at radius 3 is 2.14 bits per heavy atom. The van der Waals surface area contributed by atoms with E-state index in [9.17, 15) is 0 Å².